The van der Waals surface area contributed by atoms with Gasteiger partial charge in [-0.1, -0.05) is 6.07 Å². The number of benzene rings is 1. The van der Waals surface area contributed by atoms with Crippen LogP contribution in [0.15, 0.2) is 18.2 Å². The SMILES string of the molecule is Cc1ccc(O[C@H](C)C(=O)N(C)[C@H]2CCS(=O)(=O)C2)c([N+](=O)[O-])c1. The first-order valence-electron chi connectivity index (χ1n) is 7.49. The number of hydrogen-bond donors (Lipinski definition) is 0. The predicted octanol–water partition coefficient (Wildman–Crippen LogP) is 1.32. The van der Waals surface area contributed by atoms with Gasteiger partial charge in [-0.3, -0.25) is 14.9 Å². The van der Waals surface area contributed by atoms with E-state index in [1.54, 1.807) is 13.0 Å². The quantitative estimate of drug-likeness (QED) is 0.582. The number of carbonyl (C=O) groups is 1. The summed E-state index contributed by atoms with van der Waals surface area (Å²) in [6.07, 6.45) is -0.568. The number of likely N-dealkylation sites (N-methyl/N-ethyl adjacent to an activating group) is 1. The summed E-state index contributed by atoms with van der Waals surface area (Å²) in [7, 11) is -1.58. The van der Waals surface area contributed by atoms with Gasteiger partial charge in [0.15, 0.2) is 21.7 Å². The van der Waals surface area contributed by atoms with E-state index < -0.39 is 26.8 Å². The zero-order valence-electron chi connectivity index (χ0n) is 13.8. The van der Waals surface area contributed by atoms with E-state index in [-0.39, 0.29) is 29.0 Å². The third-order valence-corrected chi connectivity index (χ3v) is 5.82. The molecule has 0 unspecified atom stereocenters. The van der Waals surface area contributed by atoms with Crippen LogP contribution in [0.3, 0.4) is 0 Å². The summed E-state index contributed by atoms with van der Waals surface area (Å²) in [4.78, 5) is 24.3. The van der Waals surface area contributed by atoms with Crippen LogP contribution >= 0.6 is 0 Å². The van der Waals surface area contributed by atoms with Gasteiger partial charge in [-0.2, -0.15) is 0 Å². The van der Waals surface area contributed by atoms with Crippen molar-refractivity contribution >= 4 is 21.4 Å². The second-order valence-electron chi connectivity index (χ2n) is 5.99. The highest BCUT2D eigenvalue weighted by molar-refractivity contribution is 7.91. The molecule has 0 spiro atoms. The first-order valence-corrected chi connectivity index (χ1v) is 9.31. The molecule has 1 fully saturated rings. The molecule has 9 heteroatoms. The minimum atomic E-state index is -3.11. The van der Waals surface area contributed by atoms with Gasteiger partial charge in [-0.15, -0.1) is 0 Å². The average molecular weight is 356 g/mol. The zero-order valence-corrected chi connectivity index (χ0v) is 14.6. The van der Waals surface area contributed by atoms with Crippen LogP contribution in [0.1, 0.15) is 18.9 Å². The molecule has 132 valence electrons. The molecule has 1 aromatic carbocycles. The summed E-state index contributed by atoms with van der Waals surface area (Å²) in [6.45, 7) is 3.21. The lowest BCUT2D eigenvalue weighted by Crippen LogP contribution is -2.44. The van der Waals surface area contributed by atoms with Gasteiger partial charge in [0, 0.05) is 19.2 Å². The molecule has 24 heavy (non-hydrogen) atoms. The standard InChI is InChI=1S/C15H20N2O6S/c1-10-4-5-14(13(8-10)17(19)20)23-11(2)15(18)16(3)12-6-7-24(21,22)9-12/h4-5,8,11-12H,6-7,9H2,1-3H3/t11-,12+/m1/s1. The summed E-state index contributed by atoms with van der Waals surface area (Å²) in [6, 6.07) is 4.10. The maximum atomic E-state index is 12.4. The Balaban J connectivity index is 2.11. The van der Waals surface area contributed by atoms with Crippen LogP contribution in [0.5, 0.6) is 5.75 Å². The van der Waals surface area contributed by atoms with Gasteiger partial charge in [-0.05, 0) is 31.9 Å². The third-order valence-electron chi connectivity index (χ3n) is 4.07. The van der Waals surface area contributed by atoms with Crippen molar-refractivity contribution in [3.05, 3.63) is 33.9 Å². The van der Waals surface area contributed by atoms with E-state index >= 15 is 0 Å². The number of nitro groups is 1. The normalized spacial score (nSPS) is 20.4. The van der Waals surface area contributed by atoms with Gasteiger partial charge in [0.2, 0.25) is 0 Å². The van der Waals surface area contributed by atoms with Crippen molar-refractivity contribution in [2.24, 2.45) is 0 Å². The molecule has 8 nitrogen and oxygen atoms in total. The summed E-state index contributed by atoms with van der Waals surface area (Å²) in [5.74, 6) is -0.397. The molecule has 2 rings (SSSR count). The van der Waals surface area contributed by atoms with Crippen molar-refractivity contribution in [2.45, 2.75) is 32.4 Å². The maximum absolute atomic E-state index is 12.4. The molecule has 1 saturated heterocycles. The van der Waals surface area contributed by atoms with E-state index in [4.69, 9.17) is 4.74 Å². The van der Waals surface area contributed by atoms with Gasteiger partial charge >= 0.3 is 5.69 Å². The summed E-state index contributed by atoms with van der Waals surface area (Å²) >= 11 is 0. The molecule has 0 bridgehead atoms. The molecular formula is C15H20N2O6S. The lowest BCUT2D eigenvalue weighted by atomic mass is 10.2. The fraction of sp³-hybridized carbons (Fsp3) is 0.533. The first-order chi connectivity index (χ1) is 11.1. The van der Waals surface area contributed by atoms with E-state index in [1.165, 1.54) is 31.0 Å². The lowest BCUT2D eigenvalue weighted by Gasteiger charge is -2.26. The van der Waals surface area contributed by atoms with Crippen LogP contribution in [0.2, 0.25) is 0 Å². The maximum Gasteiger partial charge on any atom is 0.311 e. The second kappa shape index (κ2) is 6.76. The number of ether oxygens (including phenoxy) is 1. The largest absolute Gasteiger partial charge is 0.474 e. The number of carbonyl (C=O) groups excluding carboxylic acids is 1. The molecule has 0 N–H and O–H groups in total. The first kappa shape index (κ1) is 18.2. The highest BCUT2D eigenvalue weighted by Crippen LogP contribution is 2.29. The Kier molecular flexibility index (Phi) is 5.12. The monoisotopic (exact) mass is 356 g/mol. The van der Waals surface area contributed by atoms with Crippen LogP contribution < -0.4 is 4.74 Å². The fourth-order valence-corrected chi connectivity index (χ4v) is 4.43. The summed E-state index contributed by atoms with van der Waals surface area (Å²) in [5, 5.41) is 11.1. The molecule has 0 aliphatic carbocycles. The van der Waals surface area contributed by atoms with Gasteiger partial charge in [-0.25, -0.2) is 8.42 Å². The fourth-order valence-electron chi connectivity index (χ4n) is 2.66. The molecule has 0 aromatic heterocycles. The van der Waals surface area contributed by atoms with E-state index in [0.29, 0.717) is 12.0 Å². The molecule has 1 aromatic rings. The summed E-state index contributed by atoms with van der Waals surface area (Å²) < 4.78 is 28.5. The third kappa shape index (κ3) is 4.02. The van der Waals surface area contributed by atoms with Crippen molar-refractivity contribution in [1.82, 2.24) is 4.90 Å². The molecule has 1 aliphatic heterocycles. The Morgan fingerprint density at radius 3 is 2.67 bits per heavy atom. The summed E-state index contributed by atoms with van der Waals surface area (Å²) in [5.41, 5.74) is 0.502. The highest BCUT2D eigenvalue weighted by Gasteiger charge is 2.35. The van der Waals surface area contributed by atoms with Crippen molar-refractivity contribution in [2.75, 3.05) is 18.6 Å². The number of nitrogens with zero attached hydrogens (tertiary/aromatic N) is 2. The Hall–Kier alpha value is -2.16. The molecule has 0 saturated carbocycles. The van der Waals surface area contributed by atoms with Crippen molar-refractivity contribution in [3.63, 3.8) is 0 Å². The van der Waals surface area contributed by atoms with Crippen molar-refractivity contribution in [3.8, 4) is 5.75 Å². The second-order valence-corrected chi connectivity index (χ2v) is 8.22. The van der Waals surface area contributed by atoms with E-state index in [9.17, 15) is 23.3 Å². The number of sulfone groups is 1. The molecule has 1 heterocycles. The Bertz CT molecular complexity index is 761. The molecule has 2 atom stereocenters. The van der Waals surface area contributed by atoms with Gasteiger partial charge < -0.3 is 9.64 Å². The van der Waals surface area contributed by atoms with Gasteiger partial charge in [0.05, 0.1) is 16.4 Å². The Morgan fingerprint density at radius 2 is 2.12 bits per heavy atom. The Morgan fingerprint density at radius 1 is 1.46 bits per heavy atom. The zero-order chi connectivity index (χ0) is 18.1. The lowest BCUT2D eigenvalue weighted by molar-refractivity contribution is -0.386. The topological polar surface area (TPSA) is 107 Å². The van der Waals surface area contributed by atoms with Crippen molar-refractivity contribution in [1.29, 1.82) is 0 Å². The van der Waals surface area contributed by atoms with Crippen LogP contribution in [0.25, 0.3) is 0 Å². The molecular weight excluding hydrogens is 336 g/mol. The van der Waals surface area contributed by atoms with Crippen LogP contribution in [-0.2, 0) is 14.6 Å². The number of rotatable bonds is 5. The number of amides is 1. The van der Waals surface area contributed by atoms with E-state index in [2.05, 4.69) is 0 Å². The van der Waals surface area contributed by atoms with E-state index in [1.807, 2.05) is 0 Å². The Labute approximate surface area is 140 Å². The van der Waals surface area contributed by atoms with Gasteiger partial charge in [0.25, 0.3) is 5.91 Å². The van der Waals surface area contributed by atoms with E-state index in [0.717, 1.165) is 0 Å². The van der Waals surface area contributed by atoms with Gasteiger partial charge in [0.1, 0.15) is 0 Å². The number of aryl methyl sites for hydroxylation is 1. The molecule has 0 radical (unpaired) electrons. The number of nitro benzene ring substituents is 1. The minimum absolute atomic E-state index is 0.0129. The predicted molar refractivity (Wildman–Crippen MR) is 87.8 cm³/mol. The van der Waals surface area contributed by atoms with Crippen molar-refractivity contribution < 1.29 is 22.9 Å². The molecule has 1 amide bonds. The minimum Gasteiger partial charge on any atom is -0.474 e. The average Bonchev–Trinajstić information content (AvgIpc) is 2.87. The van der Waals surface area contributed by atoms with Crippen LogP contribution in [-0.4, -0.2) is 54.8 Å². The molecule has 1 aliphatic rings. The van der Waals surface area contributed by atoms with Crippen LogP contribution in [0.4, 0.5) is 5.69 Å². The number of hydrogen-bond acceptors (Lipinski definition) is 6. The van der Waals surface area contributed by atoms with Crippen LogP contribution in [0, 0.1) is 17.0 Å². The smallest absolute Gasteiger partial charge is 0.311 e. The highest BCUT2D eigenvalue weighted by atomic mass is 32.2.